The second kappa shape index (κ2) is 8.85. The number of nitrogens with zero attached hydrogens (tertiary/aromatic N) is 4. The van der Waals surface area contributed by atoms with Crippen molar-refractivity contribution in [2.24, 2.45) is 0 Å². The lowest BCUT2D eigenvalue weighted by Crippen LogP contribution is -2.34. The van der Waals surface area contributed by atoms with E-state index in [9.17, 15) is 22.4 Å². The van der Waals surface area contributed by atoms with Crippen molar-refractivity contribution in [3.8, 4) is 0 Å². The molecule has 0 aliphatic heterocycles. The summed E-state index contributed by atoms with van der Waals surface area (Å²) in [6, 6.07) is 11.2. The molecular weight excluding hydrogens is 474 g/mol. The van der Waals surface area contributed by atoms with Gasteiger partial charge in [-0.3, -0.25) is 9.78 Å². The zero-order valence-electron chi connectivity index (χ0n) is 19.2. The number of halogens is 4. The summed E-state index contributed by atoms with van der Waals surface area (Å²) in [6.45, 7) is 1.65. The minimum Gasteiger partial charge on any atom is -0.383 e. The number of aryl methyl sites for hydroxylation is 2. The number of anilines is 1. The molecule has 0 unspecified atom stereocenters. The number of hydrogen-bond acceptors (Lipinski definition) is 5. The van der Waals surface area contributed by atoms with Gasteiger partial charge in [-0.15, -0.1) is 0 Å². The van der Waals surface area contributed by atoms with Crippen LogP contribution in [0.1, 0.15) is 51.0 Å². The number of amides is 1. The molecule has 36 heavy (non-hydrogen) atoms. The molecule has 0 fully saturated rings. The smallest absolute Gasteiger partial charge is 0.383 e. The van der Waals surface area contributed by atoms with Crippen LogP contribution < -0.4 is 5.73 Å². The maximum absolute atomic E-state index is 14.5. The van der Waals surface area contributed by atoms with Gasteiger partial charge in [0.05, 0.1) is 23.8 Å². The van der Waals surface area contributed by atoms with Gasteiger partial charge in [0, 0.05) is 22.8 Å². The molecule has 0 radical (unpaired) electrons. The summed E-state index contributed by atoms with van der Waals surface area (Å²) >= 11 is 0. The minimum absolute atomic E-state index is 0.0604. The van der Waals surface area contributed by atoms with Gasteiger partial charge in [-0.1, -0.05) is 6.07 Å². The van der Waals surface area contributed by atoms with Crippen LogP contribution in [-0.2, 0) is 19.1 Å². The van der Waals surface area contributed by atoms with Gasteiger partial charge in [0.2, 0.25) is 0 Å². The van der Waals surface area contributed by atoms with Crippen molar-refractivity contribution in [1.82, 2.24) is 19.9 Å². The van der Waals surface area contributed by atoms with Gasteiger partial charge >= 0.3 is 6.18 Å². The summed E-state index contributed by atoms with van der Waals surface area (Å²) in [5, 5.41) is 0.708. The molecular formula is C26H21F4N5O. The van der Waals surface area contributed by atoms with Crippen LogP contribution in [0.5, 0.6) is 0 Å². The Hall–Kier alpha value is -4.08. The maximum atomic E-state index is 14.5. The second-order valence-electron chi connectivity index (χ2n) is 8.75. The summed E-state index contributed by atoms with van der Waals surface area (Å²) in [7, 11) is 0. The highest BCUT2D eigenvalue weighted by Crippen LogP contribution is 2.39. The zero-order valence-corrected chi connectivity index (χ0v) is 19.2. The Balaban J connectivity index is 1.56. The zero-order chi connectivity index (χ0) is 25.6. The molecule has 1 aromatic carbocycles. The van der Waals surface area contributed by atoms with Gasteiger partial charge in [0.15, 0.2) is 0 Å². The van der Waals surface area contributed by atoms with E-state index >= 15 is 0 Å². The van der Waals surface area contributed by atoms with Crippen LogP contribution in [0.25, 0.3) is 10.9 Å². The summed E-state index contributed by atoms with van der Waals surface area (Å²) in [5.41, 5.74) is 7.48. The molecule has 1 atom stereocenters. The monoisotopic (exact) mass is 495 g/mol. The highest BCUT2D eigenvalue weighted by atomic mass is 19.4. The molecule has 1 amide bonds. The van der Waals surface area contributed by atoms with Crippen molar-refractivity contribution >= 4 is 22.6 Å². The maximum Gasteiger partial charge on any atom is 0.433 e. The normalized spacial score (nSPS) is 15.2. The predicted molar refractivity (Wildman–Crippen MR) is 125 cm³/mol. The third-order valence-corrected chi connectivity index (χ3v) is 6.40. The molecule has 3 heterocycles. The Morgan fingerprint density at radius 1 is 1.14 bits per heavy atom. The standard InChI is InChI=1S/C26H21F4N5O/c1-14-11-16-12-15(4-6-19(16)34-24(14)31)25(36)35(13-21-18(27)3-2-10-32-21)22-8-7-20-17(22)5-9-23(33-20)26(28,29)30/h2-6,9-12,22H,7-8,13H2,1H3,(H2,31,34)/t22-/m1/s1. The third-order valence-electron chi connectivity index (χ3n) is 6.40. The first kappa shape index (κ1) is 23.7. The van der Waals surface area contributed by atoms with E-state index in [1.165, 1.54) is 29.3 Å². The van der Waals surface area contributed by atoms with Crippen LogP contribution in [-0.4, -0.2) is 25.8 Å². The molecule has 4 aromatic rings. The first-order valence-corrected chi connectivity index (χ1v) is 11.3. The summed E-state index contributed by atoms with van der Waals surface area (Å²) in [6.07, 6.45) is -2.52. The summed E-state index contributed by atoms with van der Waals surface area (Å²) < 4.78 is 54.1. The van der Waals surface area contributed by atoms with Gasteiger partial charge in [0.25, 0.3) is 5.91 Å². The quantitative estimate of drug-likeness (QED) is 0.383. The van der Waals surface area contributed by atoms with Gasteiger partial charge in [-0.2, -0.15) is 13.2 Å². The molecule has 3 aromatic heterocycles. The minimum atomic E-state index is -4.57. The van der Waals surface area contributed by atoms with Crippen LogP contribution in [0.2, 0.25) is 0 Å². The molecule has 0 spiro atoms. The van der Waals surface area contributed by atoms with E-state index in [4.69, 9.17) is 5.73 Å². The van der Waals surface area contributed by atoms with Crippen molar-refractivity contribution in [1.29, 1.82) is 0 Å². The molecule has 184 valence electrons. The van der Waals surface area contributed by atoms with Crippen LogP contribution in [0.15, 0.2) is 54.7 Å². The number of carbonyl (C=O) groups is 1. The van der Waals surface area contributed by atoms with E-state index in [0.29, 0.717) is 34.3 Å². The lowest BCUT2D eigenvalue weighted by Gasteiger charge is -2.30. The average Bonchev–Trinajstić information content (AvgIpc) is 3.26. The number of hydrogen-bond donors (Lipinski definition) is 1. The molecule has 1 aliphatic carbocycles. The van der Waals surface area contributed by atoms with E-state index in [-0.39, 0.29) is 24.4 Å². The van der Waals surface area contributed by atoms with E-state index < -0.39 is 29.6 Å². The fourth-order valence-electron chi connectivity index (χ4n) is 4.54. The Bertz CT molecular complexity index is 1490. The number of nitrogen functional groups attached to an aromatic ring is 1. The Morgan fingerprint density at radius 2 is 1.94 bits per heavy atom. The Morgan fingerprint density at radius 3 is 2.69 bits per heavy atom. The average molecular weight is 495 g/mol. The lowest BCUT2D eigenvalue weighted by molar-refractivity contribution is -0.141. The molecule has 10 heteroatoms. The highest BCUT2D eigenvalue weighted by molar-refractivity contribution is 5.98. The van der Waals surface area contributed by atoms with Crippen molar-refractivity contribution in [2.75, 3.05) is 5.73 Å². The fraction of sp³-hybridized carbons (Fsp3) is 0.231. The number of carbonyl (C=O) groups excluding carboxylic acids is 1. The number of benzene rings is 1. The van der Waals surface area contributed by atoms with Crippen molar-refractivity contribution in [3.63, 3.8) is 0 Å². The third kappa shape index (κ3) is 4.34. The number of alkyl halides is 3. The van der Waals surface area contributed by atoms with Crippen molar-refractivity contribution < 1.29 is 22.4 Å². The molecule has 0 saturated carbocycles. The predicted octanol–water partition coefficient (Wildman–Crippen LogP) is 5.40. The lowest BCUT2D eigenvalue weighted by atomic mass is 10.0. The molecule has 6 nitrogen and oxygen atoms in total. The molecule has 0 saturated heterocycles. The van der Waals surface area contributed by atoms with Crippen LogP contribution in [0, 0.1) is 12.7 Å². The number of fused-ring (bicyclic) bond motifs is 2. The Labute approximate surface area is 203 Å². The first-order chi connectivity index (χ1) is 17.1. The summed E-state index contributed by atoms with van der Waals surface area (Å²) in [5.74, 6) is -0.593. The Kier molecular flexibility index (Phi) is 5.82. The second-order valence-corrected chi connectivity index (χ2v) is 8.75. The van der Waals surface area contributed by atoms with E-state index in [2.05, 4.69) is 15.0 Å². The van der Waals surface area contributed by atoms with Crippen LogP contribution >= 0.6 is 0 Å². The van der Waals surface area contributed by atoms with Gasteiger partial charge in [-0.05, 0) is 73.4 Å². The topological polar surface area (TPSA) is 85.0 Å². The van der Waals surface area contributed by atoms with Crippen molar-refractivity contribution in [2.45, 2.75) is 38.5 Å². The largest absolute Gasteiger partial charge is 0.433 e. The molecule has 0 bridgehead atoms. The summed E-state index contributed by atoms with van der Waals surface area (Å²) in [4.78, 5) is 27.5. The molecule has 5 rings (SSSR count). The van der Waals surface area contributed by atoms with Crippen molar-refractivity contribution in [3.05, 3.63) is 94.3 Å². The van der Waals surface area contributed by atoms with E-state index in [0.717, 1.165) is 11.6 Å². The number of pyridine rings is 3. The number of nitrogens with two attached hydrogens (primary N) is 1. The number of aromatic nitrogens is 3. The van der Waals surface area contributed by atoms with Gasteiger partial charge in [-0.25, -0.2) is 14.4 Å². The number of rotatable bonds is 4. The van der Waals surface area contributed by atoms with Gasteiger partial charge < -0.3 is 10.6 Å². The highest BCUT2D eigenvalue weighted by Gasteiger charge is 2.37. The fourth-order valence-corrected chi connectivity index (χ4v) is 4.54. The SMILES string of the molecule is Cc1cc2cc(C(=O)N(Cc3ncccc3F)[C@@H]3CCc4nc(C(F)(F)F)ccc43)ccc2nc1N. The van der Waals surface area contributed by atoms with Crippen LogP contribution in [0.4, 0.5) is 23.4 Å². The van der Waals surface area contributed by atoms with E-state index in [1.54, 1.807) is 18.2 Å². The van der Waals surface area contributed by atoms with Gasteiger partial charge in [0.1, 0.15) is 17.3 Å². The van der Waals surface area contributed by atoms with E-state index in [1.807, 2.05) is 13.0 Å². The molecule has 2 N–H and O–H groups in total. The molecule has 1 aliphatic rings. The first-order valence-electron chi connectivity index (χ1n) is 11.3. The van der Waals surface area contributed by atoms with Crippen LogP contribution in [0.3, 0.4) is 0 Å².